The van der Waals surface area contributed by atoms with Gasteiger partial charge in [0.1, 0.15) is 5.75 Å². The minimum Gasteiger partial charge on any atom is -0.478 e. The summed E-state index contributed by atoms with van der Waals surface area (Å²) < 4.78 is 8.31. The Morgan fingerprint density at radius 3 is 2.18 bits per heavy atom. The minimum atomic E-state index is -0.967. The van der Waals surface area contributed by atoms with Crippen LogP contribution in [0.5, 0.6) is 5.75 Å². The number of ether oxygens (including phenoxy) is 1. The molecule has 1 unspecified atom stereocenters. The summed E-state index contributed by atoms with van der Waals surface area (Å²) in [5, 5.41) is 9.72. The zero-order valence-electron chi connectivity index (χ0n) is 23.5. The van der Waals surface area contributed by atoms with Crippen molar-refractivity contribution in [3.8, 4) is 17.0 Å². The predicted molar refractivity (Wildman–Crippen MR) is 160 cm³/mol. The molecule has 0 aliphatic heterocycles. The highest BCUT2D eigenvalue weighted by molar-refractivity contribution is 5.73. The zero-order chi connectivity index (χ0) is 27.6. The number of carbonyl (C=O) groups is 1. The molecule has 0 fully saturated rings. The first-order chi connectivity index (χ1) is 19.0. The van der Waals surface area contributed by atoms with Gasteiger partial charge in [-0.25, -0.2) is 4.79 Å². The molecular formula is C35H41NO3. The molecule has 0 saturated carbocycles. The lowest BCUT2D eigenvalue weighted by Crippen LogP contribution is -2.29. The van der Waals surface area contributed by atoms with Crippen LogP contribution in [0.15, 0.2) is 91.0 Å². The van der Waals surface area contributed by atoms with Crippen molar-refractivity contribution >= 4 is 5.97 Å². The first kappa shape index (κ1) is 28.2. The first-order valence-corrected chi connectivity index (χ1v) is 14.3. The van der Waals surface area contributed by atoms with Crippen LogP contribution >= 0.6 is 0 Å². The number of hydrogen-bond donors (Lipinski definition) is 1. The fourth-order valence-corrected chi connectivity index (χ4v) is 5.30. The van der Waals surface area contributed by atoms with Gasteiger partial charge in [-0.15, -0.1) is 0 Å². The van der Waals surface area contributed by atoms with E-state index in [1.54, 1.807) is 0 Å². The Hall–Kier alpha value is -3.79. The van der Waals surface area contributed by atoms with E-state index in [0.29, 0.717) is 12.2 Å². The summed E-state index contributed by atoms with van der Waals surface area (Å²) in [6, 6.07) is 31.1. The van der Waals surface area contributed by atoms with Crippen LogP contribution in [0.2, 0.25) is 0 Å². The lowest BCUT2D eigenvalue weighted by Gasteiger charge is -2.24. The van der Waals surface area contributed by atoms with E-state index in [1.807, 2.05) is 54.6 Å². The molecule has 39 heavy (non-hydrogen) atoms. The van der Waals surface area contributed by atoms with Gasteiger partial charge < -0.3 is 14.4 Å². The quantitative estimate of drug-likeness (QED) is 0.168. The first-order valence-electron chi connectivity index (χ1n) is 14.3. The van der Waals surface area contributed by atoms with E-state index in [9.17, 15) is 9.90 Å². The van der Waals surface area contributed by atoms with Crippen LogP contribution in [0.1, 0.15) is 74.4 Å². The molecule has 3 aromatic carbocycles. The number of carboxylic acid groups (broad SMARTS) is 1. The number of carboxylic acids is 1. The van der Waals surface area contributed by atoms with Crippen molar-refractivity contribution < 1.29 is 14.6 Å². The van der Waals surface area contributed by atoms with Crippen molar-refractivity contribution in [3.05, 3.63) is 113 Å². The lowest BCUT2D eigenvalue weighted by molar-refractivity contribution is -0.145. The highest BCUT2D eigenvalue weighted by Crippen LogP contribution is 2.33. The van der Waals surface area contributed by atoms with E-state index in [1.165, 1.54) is 42.5 Å². The van der Waals surface area contributed by atoms with Crippen LogP contribution in [0.4, 0.5) is 0 Å². The van der Waals surface area contributed by atoms with Gasteiger partial charge in [-0.3, -0.25) is 0 Å². The Labute approximate surface area is 233 Å². The summed E-state index contributed by atoms with van der Waals surface area (Å²) in [6.45, 7) is 6.65. The molecule has 0 amide bonds. The minimum absolute atomic E-state index is 0.238. The summed E-state index contributed by atoms with van der Waals surface area (Å²) in [5.41, 5.74) is 7.11. The molecule has 0 saturated heterocycles. The molecule has 1 N–H and O–H groups in total. The number of unbranched alkanes of at least 4 members (excludes halogenated alkanes) is 3. The second kappa shape index (κ2) is 13.8. The maximum atomic E-state index is 11.9. The number of nitrogens with zero attached hydrogens (tertiary/aromatic N) is 1. The van der Waals surface area contributed by atoms with Crippen molar-refractivity contribution in [2.24, 2.45) is 0 Å². The number of rotatable bonds is 14. The largest absolute Gasteiger partial charge is 0.478 e. The molecule has 4 rings (SSSR count). The number of aromatic nitrogens is 1. The molecule has 1 heterocycles. The van der Waals surface area contributed by atoms with Crippen molar-refractivity contribution in [2.45, 2.75) is 77.9 Å². The van der Waals surface area contributed by atoms with Gasteiger partial charge in [0, 0.05) is 17.8 Å². The highest BCUT2D eigenvalue weighted by Gasteiger charge is 2.21. The predicted octanol–water partition coefficient (Wildman–Crippen LogP) is 8.66. The van der Waals surface area contributed by atoms with E-state index >= 15 is 0 Å². The summed E-state index contributed by atoms with van der Waals surface area (Å²) in [7, 11) is 0. The van der Waals surface area contributed by atoms with Crippen LogP contribution in [0.25, 0.3) is 11.3 Å². The molecule has 204 valence electrons. The molecule has 4 nitrogen and oxygen atoms in total. The second-order valence-electron chi connectivity index (χ2n) is 10.4. The Bertz CT molecular complexity index is 1310. The van der Waals surface area contributed by atoms with E-state index < -0.39 is 12.1 Å². The fraction of sp³-hybridized carbons (Fsp3) is 0.343. The lowest BCUT2D eigenvalue weighted by atomic mass is 9.99. The molecule has 0 radical (unpaired) electrons. The van der Waals surface area contributed by atoms with Crippen molar-refractivity contribution in [3.63, 3.8) is 0 Å². The maximum absolute atomic E-state index is 11.9. The molecule has 0 bridgehead atoms. The van der Waals surface area contributed by atoms with Gasteiger partial charge in [-0.05, 0) is 84.8 Å². The Morgan fingerprint density at radius 2 is 1.54 bits per heavy atom. The summed E-state index contributed by atoms with van der Waals surface area (Å²) in [4.78, 5) is 11.9. The molecule has 2 atom stereocenters. The molecule has 0 aliphatic carbocycles. The average Bonchev–Trinajstić information content (AvgIpc) is 3.33. The van der Waals surface area contributed by atoms with Gasteiger partial charge in [-0.2, -0.15) is 0 Å². The Balaban J connectivity index is 1.50. The van der Waals surface area contributed by atoms with E-state index in [-0.39, 0.29) is 6.04 Å². The fourth-order valence-electron chi connectivity index (χ4n) is 5.30. The van der Waals surface area contributed by atoms with Gasteiger partial charge >= 0.3 is 5.97 Å². The number of aliphatic carboxylic acids is 1. The van der Waals surface area contributed by atoms with Crippen molar-refractivity contribution in [1.29, 1.82) is 0 Å². The zero-order valence-corrected chi connectivity index (χ0v) is 23.5. The molecule has 4 aromatic rings. The van der Waals surface area contributed by atoms with Crippen LogP contribution in [0, 0.1) is 6.92 Å². The number of hydrogen-bond acceptors (Lipinski definition) is 2. The summed E-state index contributed by atoms with van der Waals surface area (Å²) >= 11 is 0. The van der Waals surface area contributed by atoms with Gasteiger partial charge in [0.2, 0.25) is 0 Å². The molecule has 0 aliphatic rings. The summed E-state index contributed by atoms with van der Waals surface area (Å²) in [6.07, 6.45) is 6.64. The molecule has 0 spiro atoms. The third kappa shape index (κ3) is 7.41. The normalized spacial score (nSPS) is 12.7. The third-order valence-corrected chi connectivity index (χ3v) is 7.47. The van der Waals surface area contributed by atoms with E-state index in [2.05, 4.69) is 61.7 Å². The van der Waals surface area contributed by atoms with Crippen LogP contribution in [0.3, 0.4) is 0 Å². The van der Waals surface area contributed by atoms with Gasteiger partial charge in [0.05, 0.1) is 6.04 Å². The van der Waals surface area contributed by atoms with Gasteiger partial charge in [0.15, 0.2) is 6.10 Å². The van der Waals surface area contributed by atoms with Gasteiger partial charge in [0.25, 0.3) is 0 Å². The summed E-state index contributed by atoms with van der Waals surface area (Å²) in [5.74, 6) is -0.413. The third-order valence-electron chi connectivity index (χ3n) is 7.47. The van der Waals surface area contributed by atoms with E-state index in [4.69, 9.17) is 4.74 Å². The SMILES string of the molecule is CCCCCCc1ccc(C(CC)n2c(C)ccc2-c2ccc(O[C@H](Cc3ccccc3)C(=O)O)cc2)cc1. The number of aryl methyl sites for hydroxylation is 2. The molecular weight excluding hydrogens is 482 g/mol. The van der Waals surface area contributed by atoms with Gasteiger partial charge in [-0.1, -0.05) is 87.7 Å². The van der Waals surface area contributed by atoms with E-state index in [0.717, 1.165) is 29.7 Å². The maximum Gasteiger partial charge on any atom is 0.345 e. The Morgan fingerprint density at radius 1 is 0.821 bits per heavy atom. The van der Waals surface area contributed by atoms with Crippen LogP contribution < -0.4 is 4.74 Å². The van der Waals surface area contributed by atoms with Crippen LogP contribution in [-0.2, 0) is 17.6 Å². The van der Waals surface area contributed by atoms with Crippen molar-refractivity contribution in [2.75, 3.05) is 0 Å². The standard InChI is InChI=1S/C35H41NO3/c1-4-6-7-9-12-27-16-18-29(19-17-27)32(5-2)36-26(3)15-24-33(36)30-20-22-31(23-21-30)39-34(35(37)38)25-28-13-10-8-11-14-28/h8,10-11,13-24,32,34H,4-7,9,12,25H2,1-3H3,(H,37,38)/t32?,34-/m1/s1. The monoisotopic (exact) mass is 523 g/mol. The second-order valence-corrected chi connectivity index (χ2v) is 10.4. The topological polar surface area (TPSA) is 51.5 Å². The molecule has 4 heteroatoms. The van der Waals surface area contributed by atoms with Crippen molar-refractivity contribution in [1.82, 2.24) is 4.57 Å². The highest BCUT2D eigenvalue weighted by atomic mass is 16.5. The number of benzene rings is 3. The van der Waals surface area contributed by atoms with Crippen LogP contribution in [-0.4, -0.2) is 21.7 Å². The average molecular weight is 524 g/mol. The smallest absolute Gasteiger partial charge is 0.345 e. The molecule has 1 aromatic heterocycles. The Kier molecular flexibility index (Phi) is 10.0.